The van der Waals surface area contributed by atoms with E-state index in [-0.39, 0.29) is 0 Å². The zero-order chi connectivity index (χ0) is 16.2. The Balaban J connectivity index is 1.67. The summed E-state index contributed by atoms with van der Waals surface area (Å²) in [6, 6.07) is 0. The minimum Gasteiger partial charge on any atom is -0.0808 e. The first-order valence-electron chi connectivity index (χ1n) is 9.70. The average Bonchev–Trinajstić information content (AvgIpc) is 3.02. The first kappa shape index (κ1) is 15.7. The van der Waals surface area contributed by atoms with Crippen LogP contribution in [0.2, 0.25) is 24.2 Å². The van der Waals surface area contributed by atoms with Gasteiger partial charge < -0.3 is 0 Å². The molecule has 0 aromatic rings. The van der Waals surface area contributed by atoms with Crippen LogP contribution in [0.15, 0.2) is 48.6 Å². The molecule has 0 saturated heterocycles. The van der Waals surface area contributed by atoms with Crippen LogP contribution in [0.1, 0.15) is 26.7 Å². The largest absolute Gasteiger partial charge is 0.0808 e. The summed E-state index contributed by atoms with van der Waals surface area (Å²) < 4.78 is 0. The highest BCUT2D eigenvalue weighted by Crippen LogP contribution is 2.62. The van der Waals surface area contributed by atoms with Gasteiger partial charge in [-0.15, -0.1) is 0 Å². The molecular formula is C22H32Si. The minimum absolute atomic E-state index is 0.820. The maximum Gasteiger partial charge on any atom is 0.0553 e. The predicted octanol–water partition coefficient (Wildman–Crippen LogP) is 6.23. The molecule has 4 aliphatic rings. The quantitative estimate of drug-likeness (QED) is 0.528. The Morgan fingerprint density at radius 3 is 1.48 bits per heavy atom. The molecule has 0 aromatic heterocycles. The van der Waals surface area contributed by atoms with Gasteiger partial charge in [0.25, 0.3) is 0 Å². The topological polar surface area (TPSA) is 0 Å². The van der Waals surface area contributed by atoms with Crippen molar-refractivity contribution >= 4 is 8.07 Å². The molecule has 23 heavy (non-hydrogen) atoms. The Morgan fingerprint density at radius 2 is 1.04 bits per heavy atom. The highest BCUT2D eigenvalue weighted by atomic mass is 28.3. The Hall–Kier alpha value is -0.823. The van der Waals surface area contributed by atoms with Gasteiger partial charge in [0.2, 0.25) is 0 Å². The predicted molar refractivity (Wildman–Crippen MR) is 103 cm³/mol. The summed E-state index contributed by atoms with van der Waals surface area (Å²) in [5, 5.41) is 0. The van der Waals surface area contributed by atoms with Crippen molar-refractivity contribution in [2.45, 2.75) is 50.9 Å². The van der Waals surface area contributed by atoms with Gasteiger partial charge in [-0.1, -0.05) is 75.5 Å². The Labute approximate surface area is 143 Å². The summed E-state index contributed by atoms with van der Waals surface area (Å²) >= 11 is 0. The number of hydrogen-bond donors (Lipinski definition) is 0. The lowest BCUT2D eigenvalue weighted by Gasteiger charge is -2.45. The zero-order valence-corrected chi connectivity index (χ0v) is 16.2. The fourth-order valence-electron chi connectivity index (χ4n) is 7.18. The summed E-state index contributed by atoms with van der Waals surface area (Å²) in [6.45, 7) is 10.6. The van der Waals surface area contributed by atoms with Crippen LogP contribution in [0, 0.1) is 35.5 Å². The molecule has 0 N–H and O–H groups in total. The highest BCUT2D eigenvalue weighted by molar-refractivity contribution is 6.80. The van der Waals surface area contributed by atoms with Gasteiger partial charge in [-0.05, 0) is 59.4 Å². The molecule has 0 amide bonds. The number of allylic oxidation sites excluding steroid dienone is 8. The molecule has 1 heteroatoms. The summed E-state index contributed by atoms with van der Waals surface area (Å²) in [4.78, 5) is 0. The molecule has 8 atom stereocenters. The summed E-state index contributed by atoms with van der Waals surface area (Å²) in [5.41, 5.74) is 1.92. The molecule has 0 bridgehead atoms. The minimum atomic E-state index is -1.35. The zero-order valence-electron chi connectivity index (χ0n) is 15.2. The van der Waals surface area contributed by atoms with E-state index < -0.39 is 8.07 Å². The number of rotatable bonds is 2. The molecule has 0 heterocycles. The third-order valence-corrected chi connectivity index (χ3v) is 13.0. The van der Waals surface area contributed by atoms with Crippen LogP contribution in [0.25, 0.3) is 0 Å². The van der Waals surface area contributed by atoms with Crippen molar-refractivity contribution in [3.63, 3.8) is 0 Å². The SMILES string of the molecule is CC1CC2C=CC=CC2C1[Si](C)(C)[C@H]1C2C=CC=CC2C[C@@H]1C. The van der Waals surface area contributed by atoms with Crippen LogP contribution in [0.4, 0.5) is 0 Å². The molecule has 0 aliphatic heterocycles. The van der Waals surface area contributed by atoms with Gasteiger partial charge in [-0.25, -0.2) is 0 Å². The second-order valence-electron chi connectivity index (χ2n) is 9.32. The Kier molecular flexibility index (Phi) is 3.83. The third-order valence-electron chi connectivity index (χ3n) is 7.66. The number of fused-ring (bicyclic) bond motifs is 2. The first-order chi connectivity index (χ1) is 11.0. The fraction of sp³-hybridized carbons (Fsp3) is 0.636. The van der Waals surface area contributed by atoms with Gasteiger partial charge in [0.05, 0.1) is 8.07 Å². The normalized spacial score (nSPS) is 47.8. The van der Waals surface area contributed by atoms with Crippen LogP contribution < -0.4 is 0 Å². The van der Waals surface area contributed by atoms with Gasteiger partial charge in [-0.2, -0.15) is 0 Å². The summed E-state index contributed by atoms with van der Waals surface area (Å²) in [7, 11) is -1.35. The van der Waals surface area contributed by atoms with Crippen LogP contribution in [0.3, 0.4) is 0 Å². The van der Waals surface area contributed by atoms with Crippen LogP contribution in [-0.4, -0.2) is 8.07 Å². The van der Waals surface area contributed by atoms with E-state index in [1.807, 2.05) is 0 Å². The van der Waals surface area contributed by atoms with Gasteiger partial charge in [-0.3, -0.25) is 0 Å². The smallest absolute Gasteiger partial charge is 0.0553 e. The van der Waals surface area contributed by atoms with Crippen molar-refractivity contribution in [2.75, 3.05) is 0 Å². The highest BCUT2D eigenvalue weighted by Gasteiger charge is 2.56. The molecule has 2 saturated carbocycles. The average molecular weight is 325 g/mol. The second kappa shape index (κ2) is 5.62. The standard InChI is InChI=1S/C22H32Si/c1-15-13-17-9-5-7-11-19(17)21(15)23(3,4)22-16(2)14-18-10-6-8-12-20(18)22/h5-12,15-22H,13-14H2,1-4H3/t15-,16?,17?,18?,19?,20?,21+,22?/m0/s1. The van der Waals surface area contributed by atoms with Gasteiger partial charge in [0.15, 0.2) is 0 Å². The van der Waals surface area contributed by atoms with E-state index in [4.69, 9.17) is 0 Å². The van der Waals surface area contributed by atoms with Crippen molar-refractivity contribution in [3.8, 4) is 0 Å². The molecule has 0 nitrogen and oxygen atoms in total. The van der Waals surface area contributed by atoms with Crippen LogP contribution >= 0.6 is 0 Å². The molecule has 0 radical (unpaired) electrons. The monoisotopic (exact) mass is 324 g/mol. The Morgan fingerprint density at radius 1 is 0.652 bits per heavy atom. The van der Waals surface area contributed by atoms with Crippen molar-refractivity contribution in [2.24, 2.45) is 35.5 Å². The number of hydrogen-bond acceptors (Lipinski definition) is 0. The maximum atomic E-state index is 2.73. The molecule has 2 fully saturated rings. The van der Waals surface area contributed by atoms with Gasteiger partial charge in [0.1, 0.15) is 0 Å². The van der Waals surface area contributed by atoms with E-state index in [1.54, 1.807) is 0 Å². The van der Waals surface area contributed by atoms with E-state index in [0.717, 1.165) is 46.6 Å². The van der Waals surface area contributed by atoms with Crippen molar-refractivity contribution in [3.05, 3.63) is 48.6 Å². The molecule has 4 aliphatic carbocycles. The van der Waals surface area contributed by atoms with Crippen LogP contribution in [-0.2, 0) is 0 Å². The lowest BCUT2D eigenvalue weighted by molar-refractivity contribution is 0.491. The summed E-state index contributed by atoms with van der Waals surface area (Å²) in [6.07, 6.45) is 22.1. The molecule has 0 spiro atoms. The molecule has 0 aromatic carbocycles. The van der Waals surface area contributed by atoms with E-state index in [9.17, 15) is 0 Å². The van der Waals surface area contributed by atoms with Crippen LogP contribution in [0.5, 0.6) is 0 Å². The van der Waals surface area contributed by atoms with E-state index in [0.29, 0.717) is 0 Å². The third kappa shape index (κ3) is 2.38. The van der Waals surface area contributed by atoms with E-state index in [1.165, 1.54) is 12.8 Å². The van der Waals surface area contributed by atoms with Crippen molar-refractivity contribution in [1.29, 1.82) is 0 Å². The van der Waals surface area contributed by atoms with E-state index >= 15 is 0 Å². The lowest BCUT2D eigenvalue weighted by Crippen LogP contribution is -2.45. The molecule has 124 valence electrons. The summed E-state index contributed by atoms with van der Waals surface area (Å²) in [5.74, 6) is 5.08. The fourth-order valence-corrected chi connectivity index (χ4v) is 13.5. The van der Waals surface area contributed by atoms with Gasteiger partial charge in [0, 0.05) is 0 Å². The second-order valence-corrected chi connectivity index (χ2v) is 14.3. The van der Waals surface area contributed by atoms with Gasteiger partial charge >= 0.3 is 0 Å². The maximum absolute atomic E-state index is 2.73. The van der Waals surface area contributed by atoms with Crippen molar-refractivity contribution in [1.82, 2.24) is 0 Å². The lowest BCUT2D eigenvalue weighted by atomic mass is 9.91. The van der Waals surface area contributed by atoms with Crippen molar-refractivity contribution < 1.29 is 0 Å². The molecular weight excluding hydrogens is 292 g/mol. The first-order valence-corrected chi connectivity index (χ1v) is 12.9. The molecule has 6 unspecified atom stereocenters. The molecule has 4 rings (SSSR count). The Bertz CT molecular complexity index is 529. The van der Waals surface area contributed by atoms with E-state index in [2.05, 4.69) is 75.5 Å².